The van der Waals surface area contributed by atoms with Gasteiger partial charge in [-0.3, -0.25) is 14.4 Å². The lowest BCUT2D eigenvalue weighted by Crippen LogP contribution is -2.47. The van der Waals surface area contributed by atoms with Crippen molar-refractivity contribution in [3.8, 4) is 0 Å². The highest BCUT2D eigenvalue weighted by Gasteiger charge is 2.45. The molecular weight excluding hydrogens is 472 g/mol. The Bertz CT molecular complexity index is 963. The Labute approximate surface area is 190 Å². The second kappa shape index (κ2) is 8.75. The molecule has 7 nitrogen and oxygen atoms in total. The van der Waals surface area contributed by atoms with E-state index in [9.17, 15) is 40.7 Å². The zero-order valence-electron chi connectivity index (χ0n) is 17.7. The molecule has 1 aromatic carbocycles. The van der Waals surface area contributed by atoms with Crippen LogP contribution >= 0.6 is 0 Å². The van der Waals surface area contributed by atoms with Gasteiger partial charge >= 0.3 is 12.4 Å². The van der Waals surface area contributed by atoms with E-state index in [1.165, 1.54) is 9.80 Å². The summed E-state index contributed by atoms with van der Waals surface area (Å²) < 4.78 is 83.9. The predicted molar refractivity (Wildman–Crippen MR) is 103 cm³/mol. The fourth-order valence-electron chi connectivity index (χ4n) is 4.65. The van der Waals surface area contributed by atoms with E-state index in [1.54, 1.807) is 0 Å². The van der Waals surface area contributed by atoms with Gasteiger partial charge in [-0.15, -0.1) is 0 Å². The van der Waals surface area contributed by atoms with Crippen LogP contribution in [-0.4, -0.2) is 59.4 Å². The van der Waals surface area contributed by atoms with Crippen molar-refractivity contribution in [1.29, 1.82) is 0 Å². The molecule has 3 fully saturated rings. The quantitative estimate of drug-likeness (QED) is 0.655. The molecule has 0 spiro atoms. The van der Waals surface area contributed by atoms with Crippen molar-refractivity contribution < 1.29 is 45.5 Å². The molecule has 1 aromatic rings. The first-order valence-electron chi connectivity index (χ1n) is 10.6. The summed E-state index contributed by atoms with van der Waals surface area (Å²) in [6, 6.07) is 0.947. The molecule has 3 aliphatic heterocycles. The van der Waals surface area contributed by atoms with Crippen molar-refractivity contribution in [2.24, 2.45) is 5.92 Å². The monoisotopic (exact) mass is 493 g/mol. The molecule has 13 heteroatoms. The predicted octanol–water partition coefficient (Wildman–Crippen LogP) is 2.54. The third kappa shape index (κ3) is 5.13. The van der Waals surface area contributed by atoms with Crippen LogP contribution in [0.15, 0.2) is 18.2 Å². The van der Waals surface area contributed by atoms with Gasteiger partial charge in [-0.2, -0.15) is 26.3 Å². The molecule has 0 bridgehead atoms. The highest BCUT2D eigenvalue weighted by molar-refractivity contribution is 5.91. The third-order valence-electron chi connectivity index (χ3n) is 6.27. The molecule has 3 aliphatic rings. The first kappa shape index (κ1) is 24.3. The summed E-state index contributed by atoms with van der Waals surface area (Å²) in [5, 5.41) is 2.52. The second-order valence-corrected chi connectivity index (χ2v) is 8.71. The zero-order chi connectivity index (χ0) is 24.8. The Morgan fingerprint density at radius 2 is 1.68 bits per heavy atom. The Kier molecular flexibility index (Phi) is 6.25. The molecule has 186 valence electrons. The van der Waals surface area contributed by atoms with Crippen LogP contribution in [0.4, 0.5) is 26.3 Å². The number of amides is 3. The van der Waals surface area contributed by atoms with E-state index in [2.05, 4.69) is 5.32 Å². The van der Waals surface area contributed by atoms with Crippen LogP contribution in [0.5, 0.6) is 0 Å². The smallest absolute Gasteiger partial charge is 0.372 e. The lowest BCUT2D eigenvalue weighted by molar-refractivity contribution is -0.146. The van der Waals surface area contributed by atoms with Gasteiger partial charge in [-0.25, -0.2) is 0 Å². The fourth-order valence-corrected chi connectivity index (χ4v) is 4.65. The fraction of sp³-hybridized carbons (Fsp3) is 0.571. The Hall–Kier alpha value is -2.83. The summed E-state index contributed by atoms with van der Waals surface area (Å²) in [6.07, 6.45) is -9.88. The highest BCUT2D eigenvalue weighted by atomic mass is 19.4. The maximum absolute atomic E-state index is 13.1. The van der Waals surface area contributed by atoms with E-state index in [0.717, 1.165) is 0 Å². The molecule has 1 N–H and O–H groups in total. The highest BCUT2D eigenvalue weighted by Crippen LogP contribution is 2.37. The normalized spacial score (nSPS) is 25.5. The Morgan fingerprint density at radius 1 is 1.03 bits per heavy atom. The molecule has 3 amide bonds. The van der Waals surface area contributed by atoms with Crippen LogP contribution in [-0.2, 0) is 38.1 Å². The standard InChI is InChI=1S/C21H21F6N3O4/c22-20(23,24)13-1-11(2-14(5-13)21(25,26)27)9-34-16-6-15-3-12(4-18(32)30(15)7-16)19(33)29-8-17(31)28-10-29/h1-2,5,12,15-16H,3-4,6-10H2,(H,28,31). The molecule has 3 heterocycles. The van der Waals surface area contributed by atoms with Crippen LogP contribution in [0.3, 0.4) is 0 Å². The summed E-state index contributed by atoms with van der Waals surface area (Å²) in [7, 11) is 0. The number of halogens is 6. The number of alkyl halides is 6. The summed E-state index contributed by atoms with van der Waals surface area (Å²) >= 11 is 0. The molecular formula is C21H21F6N3O4. The van der Waals surface area contributed by atoms with Gasteiger partial charge in [-0.1, -0.05) is 0 Å². The van der Waals surface area contributed by atoms with E-state index in [-0.39, 0.29) is 61.6 Å². The first-order valence-corrected chi connectivity index (χ1v) is 10.6. The van der Waals surface area contributed by atoms with E-state index in [1.807, 2.05) is 0 Å². The number of rotatable bonds is 4. The second-order valence-electron chi connectivity index (χ2n) is 8.71. The van der Waals surface area contributed by atoms with Crippen molar-refractivity contribution in [2.45, 2.75) is 50.4 Å². The number of carbonyl (C=O) groups is 3. The average Bonchev–Trinajstić information content (AvgIpc) is 3.36. The number of fused-ring (bicyclic) bond motifs is 1. The van der Waals surface area contributed by atoms with Crippen LogP contribution < -0.4 is 5.32 Å². The minimum absolute atomic E-state index is 0.0324. The zero-order valence-corrected chi connectivity index (χ0v) is 17.7. The Balaban J connectivity index is 1.40. The number of hydrogen-bond acceptors (Lipinski definition) is 4. The van der Waals surface area contributed by atoms with Gasteiger partial charge in [0.25, 0.3) is 0 Å². The maximum atomic E-state index is 13.1. The van der Waals surface area contributed by atoms with E-state index in [0.29, 0.717) is 25.0 Å². The van der Waals surface area contributed by atoms with Crippen LogP contribution in [0.1, 0.15) is 36.0 Å². The van der Waals surface area contributed by atoms with Gasteiger partial charge in [0, 0.05) is 24.9 Å². The van der Waals surface area contributed by atoms with Gasteiger partial charge in [-0.05, 0) is 36.6 Å². The largest absolute Gasteiger partial charge is 0.416 e. The van der Waals surface area contributed by atoms with Gasteiger partial charge in [0.15, 0.2) is 0 Å². The average molecular weight is 493 g/mol. The number of hydrogen-bond donors (Lipinski definition) is 1. The van der Waals surface area contributed by atoms with Crippen molar-refractivity contribution in [2.75, 3.05) is 19.8 Å². The first-order chi connectivity index (χ1) is 15.8. The molecule has 3 unspecified atom stereocenters. The lowest BCUT2D eigenvalue weighted by atomic mass is 9.89. The Morgan fingerprint density at radius 3 is 2.24 bits per heavy atom. The van der Waals surface area contributed by atoms with Crippen molar-refractivity contribution in [3.63, 3.8) is 0 Å². The summed E-state index contributed by atoms with van der Waals surface area (Å²) in [4.78, 5) is 39.4. The SMILES string of the molecule is O=C1CN(C(=O)C2CC(=O)N3CC(OCc4cc(C(F)(F)F)cc(C(F)(F)F)c4)CC3C2)CN1. The van der Waals surface area contributed by atoms with Gasteiger partial charge in [0.2, 0.25) is 17.7 Å². The molecule has 0 saturated carbocycles. The number of piperidine rings is 1. The summed E-state index contributed by atoms with van der Waals surface area (Å²) in [5.41, 5.74) is -3.12. The van der Waals surface area contributed by atoms with Crippen LogP contribution in [0, 0.1) is 5.92 Å². The number of nitrogens with one attached hydrogen (secondary N) is 1. The number of benzene rings is 1. The molecule has 0 aliphatic carbocycles. The molecule has 3 atom stereocenters. The number of carbonyl (C=O) groups excluding carboxylic acids is 3. The summed E-state index contributed by atoms with van der Waals surface area (Å²) in [5.74, 6) is -1.47. The van der Waals surface area contributed by atoms with Crippen molar-refractivity contribution >= 4 is 17.7 Å². The number of nitrogens with zero attached hydrogens (tertiary/aromatic N) is 2. The van der Waals surface area contributed by atoms with Gasteiger partial charge in [0.05, 0.1) is 30.5 Å². The third-order valence-corrected chi connectivity index (χ3v) is 6.27. The lowest BCUT2D eigenvalue weighted by Gasteiger charge is -2.34. The molecule has 4 rings (SSSR count). The molecule has 0 radical (unpaired) electrons. The maximum Gasteiger partial charge on any atom is 0.416 e. The van der Waals surface area contributed by atoms with Gasteiger partial charge in [0.1, 0.15) is 6.54 Å². The molecule has 34 heavy (non-hydrogen) atoms. The van der Waals surface area contributed by atoms with Crippen molar-refractivity contribution in [3.05, 3.63) is 34.9 Å². The minimum atomic E-state index is -4.95. The molecule has 0 aromatic heterocycles. The van der Waals surface area contributed by atoms with Crippen molar-refractivity contribution in [1.82, 2.24) is 15.1 Å². The molecule has 3 saturated heterocycles. The summed E-state index contributed by atoms with van der Waals surface area (Å²) in [6.45, 7) is -0.338. The van der Waals surface area contributed by atoms with E-state index < -0.39 is 42.1 Å². The number of ether oxygens (including phenoxy) is 1. The van der Waals surface area contributed by atoms with Gasteiger partial charge < -0.3 is 19.9 Å². The van der Waals surface area contributed by atoms with Crippen LogP contribution in [0.25, 0.3) is 0 Å². The minimum Gasteiger partial charge on any atom is -0.372 e. The topological polar surface area (TPSA) is 79.0 Å². The van der Waals surface area contributed by atoms with Crippen LogP contribution in [0.2, 0.25) is 0 Å². The van der Waals surface area contributed by atoms with E-state index >= 15 is 0 Å². The van der Waals surface area contributed by atoms with E-state index in [4.69, 9.17) is 4.74 Å².